The van der Waals surface area contributed by atoms with Crippen molar-refractivity contribution in [2.45, 2.75) is 18.9 Å². The van der Waals surface area contributed by atoms with Gasteiger partial charge in [-0.1, -0.05) is 0 Å². The van der Waals surface area contributed by atoms with Gasteiger partial charge in [-0.05, 0) is 31.5 Å². The molecule has 30 heavy (non-hydrogen) atoms. The lowest BCUT2D eigenvalue weighted by atomic mass is 10.1. The third-order valence-electron chi connectivity index (χ3n) is 5.11. The van der Waals surface area contributed by atoms with E-state index in [1.165, 1.54) is 17.4 Å². The summed E-state index contributed by atoms with van der Waals surface area (Å²) in [5.41, 5.74) is 0.795. The Bertz CT molecular complexity index is 883. The molecule has 4 rings (SSSR count). The summed E-state index contributed by atoms with van der Waals surface area (Å²) in [6.07, 6.45) is 1.85. The molecule has 0 aliphatic carbocycles. The molecule has 2 fully saturated rings. The van der Waals surface area contributed by atoms with E-state index in [2.05, 4.69) is 20.5 Å². The molecule has 1 atom stereocenters. The number of aromatic nitrogens is 1. The minimum Gasteiger partial charge on any atom is -0.480 e. The monoisotopic (exact) mass is 438 g/mol. The van der Waals surface area contributed by atoms with Crippen LogP contribution in [0.15, 0.2) is 17.5 Å². The van der Waals surface area contributed by atoms with Crippen LogP contribution in [0, 0.1) is 11.6 Å². The number of rotatable bonds is 6. The second-order valence-corrected chi connectivity index (χ2v) is 8.09. The van der Waals surface area contributed by atoms with Crippen LogP contribution in [-0.4, -0.2) is 62.9 Å². The lowest BCUT2D eigenvalue weighted by Crippen LogP contribution is -2.47. The van der Waals surface area contributed by atoms with Gasteiger partial charge in [0.15, 0.2) is 23.3 Å². The third kappa shape index (κ3) is 4.88. The van der Waals surface area contributed by atoms with Gasteiger partial charge in [-0.3, -0.25) is 4.79 Å². The molecule has 1 aromatic carbocycles. The average molecular weight is 439 g/mol. The van der Waals surface area contributed by atoms with Crippen LogP contribution in [0.25, 0.3) is 11.3 Å². The van der Waals surface area contributed by atoms with Crippen LogP contribution >= 0.6 is 11.3 Å². The summed E-state index contributed by atoms with van der Waals surface area (Å²) in [6.45, 7) is 3.92. The highest BCUT2D eigenvalue weighted by atomic mass is 32.1. The zero-order valence-electron chi connectivity index (χ0n) is 16.5. The number of anilines is 1. The fourth-order valence-electron chi connectivity index (χ4n) is 3.54. The number of piperidine rings is 1. The van der Waals surface area contributed by atoms with E-state index in [0.29, 0.717) is 31.0 Å². The summed E-state index contributed by atoms with van der Waals surface area (Å²) in [5, 5.41) is 8.62. The van der Waals surface area contributed by atoms with E-state index in [1.54, 1.807) is 5.38 Å². The molecule has 0 spiro atoms. The average Bonchev–Trinajstić information content (AvgIpc) is 3.26. The van der Waals surface area contributed by atoms with E-state index in [4.69, 9.17) is 9.47 Å². The van der Waals surface area contributed by atoms with Gasteiger partial charge in [-0.25, -0.2) is 9.37 Å². The first-order valence-electron chi connectivity index (χ1n) is 10.0. The van der Waals surface area contributed by atoms with E-state index in [0.717, 1.165) is 43.7 Å². The Balaban J connectivity index is 1.48. The highest BCUT2D eigenvalue weighted by Crippen LogP contribution is 2.36. The number of carbonyl (C=O) groups is 1. The van der Waals surface area contributed by atoms with E-state index < -0.39 is 18.2 Å². The van der Waals surface area contributed by atoms with Crippen molar-refractivity contribution in [3.8, 4) is 17.0 Å². The predicted octanol–water partition coefficient (Wildman–Crippen LogP) is 2.17. The number of hydrogen-bond acceptors (Lipinski definition) is 7. The molecular weight excluding hydrogens is 414 g/mol. The largest absolute Gasteiger partial charge is 0.480 e. The molecule has 2 aliphatic rings. The lowest BCUT2D eigenvalue weighted by molar-refractivity contribution is -0.123. The van der Waals surface area contributed by atoms with Gasteiger partial charge in [0, 0.05) is 36.6 Å². The van der Waals surface area contributed by atoms with Crippen LogP contribution in [-0.2, 0) is 9.53 Å². The number of halogens is 2. The number of nitrogens with one attached hydrogen (secondary N) is 2. The Kier molecular flexibility index (Phi) is 6.76. The number of benzene rings is 1. The maximum absolute atomic E-state index is 14.5. The van der Waals surface area contributed by atoms with Gasteiger partial charge in [0.2, 0.25) is 5.82 Å². The summed E-state index contributed by atoms with van der Waals surface area (Å²) in [7, 11) is 0. The smallest absolute Gasteiger partial charge is 0.258 e. The number of morpholine rings is 1. The fourth-order valence-corrected chi connectivity index (χ4v) is 4.42. The van der Waals surface area contributed by atoms with Crippen molar-refractivity contribution in [1.29, 1.82) is 0 Å². The van der Waals surface area contributed by atoms with Gasteiger partial charge in [-0.2, -0.15) is 4.39 Å². The predicted molar refractivity (Wildman–Crippen MR) is 110 cm³/mol. The summed E-state index contributed by atoms with van der Waals surface area (Å²) in [6, 6.07) is 2.48. The van der Waals surface area contributed by atoms with Crippen molar-refractivity contribution in [2.75, 3.05) is 50.9 Å². The number of carbonyl (C=O) groups excluding carboxylic acids is 1. The third-order valence-corrected chi connectivity index (χ3v) is 6.01. The topological polar surface area (TPSA) is 75.7 Å². The standard InChI is InChI=1S/C20H24F2N4O3S/c21-15-4-3-14(16-12-30-20(25-16)26-6-8-28-9-7-26)19(18(15)22)29-11-17(27)24-13-2-1-5-23-10-13/h3-4,12-13,23H,1-2,5-11H2,(H,24,27). The molecule has 10 heteroatoms. The van der Waals surface area contributed by atoms with Crippen molar-refractivity contribution in [2.24, 2.45) is 0 Å². The van der Waals surface area contributed by atoms with Crippen molar-refractivity contribution in [1.82, 2.24) is 15.6 Å². The first-order valence-corrected chi connectivity index (χ1v) is 10.9. The molecular formula is C20H24F2N4O3S. The van der Waals surface area contributed by atoms with Crippen LogP contribution in [0.3, 0.4) is 0 Å². The zero-order chi connectivity index (χ0) is 20.9. The van der Waals surface area contributed by atoms with Gasteiger partial charge >= 0.3 is 0 Å². The number of amides is 1. The van der Waals surface area contributed by atoms with E-state index in [1.807, 2.05) is 0 Å². The molecule has 1 aromatic heterocycles. The minimum atomic E-state index is -1.12. The van der Waals surface area contributed by atoms with Crippen molar-refractivity contribution in [3.05, 3.63) is 29.1 Å². The zero-order valence-corrected chi connectivity index (χ0v) is 17.3. The summed E-state index contributed by atoms with van der Waals surface area (Å²) in [4.78, 5) is 18.9. The molecule has 1 unspecified atom stereocenters. The molecule has 2 N–H and O–H groups in total. The van der Waals surface area contributed by atoms with Crippen LogP contribution in [0.4, 0.5) is 13.9 Å². The first-order chi connectivity index (χ1) is 14.6. The second kappa shape index (κ2) is 9.67. The van der Waals surface area contributed by atoms with Crippen LogP contribution in [0.2, 0.25) is 0 Å². The van der Waals surface area contributed by atoms with Gasteiger partial charge in [0.1, 0.15) is 0 Å². The maximum atomic E-state index is 14.5. The van der Waals surface area contributed by atoms with E-state index in [-0.39, 0.29) is 17.7 Å². The highest BCUT2D eigenvalue weighted by Gasteiger charge is 2.22. The normalized spacial score (nSPS) is 19.5. The fraction of sp³-hybridized carbons (Fsp3) is 0.500. The Morgan fingerprint density at radius 3 is 2.97 bits per heavy atom. The molecule has 3 heterocycles. The van der Waals surface area contributed by atoms with Crippen molar-refractivity contribution in [3.63, 3.8) is 0 Å². The summed E-state index contributed by atoms with van der Waals surface area (Å²) < 4.78 is 39.2. The molecule has 0 saturated carbocycles. The van der Waals surface area contributed by atoms with E-state index >= 15 is 0 Å². The highest BCUT2D eigenvalue weighted by molar-refractivity contribution is 7.14. The Labute approximate surface area is 177 Å². The number of hydrogen-bond donors (Lipinski definition) is 2. The van der Waals surface area contributed by atoms with Crippen LogP contribution in [0.1, 0.15) is 12.8 Å². The number of ether oxygens (including phenoxy) is 2. The molecule has 0 radical (unpaired) electrons. The quantitative estimate of drug-likeness (QED) is 0.720. The number of nitrogens with zero attached hydrogens (tertiary/aromatic N) is 2. The molecule has 7 nitrogen and oxygen atoms in total. The second-order valence-electron chi connectivity index (χ2n) is 7.25. The molecule has 2 saturated heterocycles. The van der Waals surface area contributed by atoms with E-state index in [9.17, 15) is 13.6 Å². The summed E-state index contributed by atoms with van der Waals surface area (Å²) in [5.74, 6) is -2.83. The lowest BCUT2D eigenvalue weighted by Gasteiger charge is -2.26. The molecule has 2 aromatic rings. The summed E-state index contributed by atoms with van der Waals surface area (Å²) >= 11 is 1.42. The van der Waals surface area contributed by atoms with Gasteiger partial charge in [0.25, 0.3) is 5.91 Å². The SMILES string of the molecule is O=C(COc1c(-c2csc(N3CCOCC3)n2)ccc(F)c1F)NC1CCCNC1. The number of thiazole rings is 1. The molecule has 1 amide bonds. The van der Waals surface area contributed by atoms with Gasteiger partial charge < -0.3 is 25.0 Å². The van der Waals surface area contributed by atoms with Crippen LogP contribution < -0.4 is 20.3 Å². The Hall–Kier alpha value is -2.30. The minimum absolute atomic E-state index is 0.0151. The first kappa shape index (κ1) is 21.0. The Morgan fingerprint density at radius 2 is 2.20 bits per heavy atom. The van der Waals surface area contributed by atoms with Gasteiger partial charge in [-0.15, -0.1) is 11.3 Å². The van der Waals surface area contributed by atoms with Crippen molar-refractivity contribution >= 4 is 22.4 Å². The van der Waals surface area contributed by atoms with Crippen molar-refractivity contribution < 1.29 is 23.0 Å². The van der Waals surface area contributed by atoms with Gasteiger partial charge in [0.05, 0.1) is 18.9 Å². The molecule has 2 aliphatic heterocycles. The maximum Gasteiger partial charge on any atom is 0.258 e. The Morgan fingerprint density at radius 1 is 1.37 bits per heavy atom. The van der Waals surface area contributed by atoms with Crippen LogP contribution in [0.5, 0.6) is 5.75 Å². The molecule has 162 valence electrons. The molecule has 0 bridgehead atoms.